The fourth-order valence-corrected chi connectivity index (χ4v) is 3.88. The maximum absolute atomic E-state index is 4.23. The minimum Gasteiger partial charge on any atom is -0.311 e. The van der Waals surface area contributed by atoms with Crippen LogP contribution in [0.5, 0.6) is 0 Å². The highest BCUT2D eigenvalue weighted by Gasteiger charge is 2.48. The lowest BCUT2D eigenvalue weighted by atomic mass is 9.87. The minimum atomic E-state index is 0.343. The van der Waals surface area contributed by atoms with Gasteiger partial charge in [-0.2, -0.15) is 0 Å². The van der Waals surface area contributed by atoms with Crippen LogP contribution in [0.3, 0.4) is 0 Å². The summed E-state index contributed by atoms with van der Waals surface area (Å²) in [6, 6.07) is 0.625. The lowest BCUT2D eigenvalue weighted by Crippen LogP contribution is -2.65. The lowest BCUT2D eigenvalue weighted by molar-refractivity contribution is 0.0194. The summed E-state index contributed by atoms with van der Waals surface area (Å²) >= 11 is 1.79. The van der Waals surface area contributed by atoms with Gasteiger partial charge in [-0.15, -0.1) is 11.3 Å². The van der Waals surface area contributed by atoms with Gasteiger partial charge in [-0.1, -0.05) is 13.8 Å². The van der Waals surface area contributed by atoms with Crippen molar-refractivity contribution < 1.29 is 0 Å². The van der Waals surface area contributed by atoms with Crippen LogP contribution in [-0.4, -0.2) is 34.6 Å². The van der Waals surface area contributed by atoms with E-state index in [4.69, 9.17) is 0 Å². The van der Waals surface area contributed by atoms with Crippen molar-refractivity contribution in [3.8, 4) is 0 Å². The molecule has 1 saturated carbocycles. The fourth-order valence-electron chi connectivity index (χ4n) is 3.27. The molecule has 2 fully saturated rings. The molecule has 0 amide bonds. The molecule has 1 saturated heterocycles. The first-order chi connectivity index (χ1) is 9.09. The van der Waals surface area contributed by atoms with Crippen LogP contribution in [0.1, 0.15) is 38.5 Å². The summed E-state index contributed by atoms with van der Waals surface area (Å²) in [5, 5.41) is 3.79. The Bertz CT molecular complexity index is 413. The zero-order chi connectivity index (χ0) is 13.5. The van der Waals surface area contributed by atoms with Crippen molar-refractivity contribution in [1.82, 2.24) is 15.2 Å². The van der Waals surface area contributed by atoms with Crippen LogP contribution in [0.2, 0.25) is 0 Å². The number of hydrogen-bond acceptors (Lipinski definition) is 4. The number of hydrogen-bond donors (Lipinski definition) is 1. The number of aromatic nitrogens is 1. The van der Waals surface area contributed by atoms with E-state index in [1.807, 2.05) is 11.7 Å². The SMILES string of the molecule is CC(C)C1CN(Cc2cncs2)C(C)(C2CC2)CN1. The number of thiazole rings is 1. The molecule has 2 aliphatic rings. The van der Waals surface area contributed by atoms with Crippen molar-refractivity contribution in [2.24, 2.45) is 11.8 Å². The predicted octanol–water partition coefficient (Wildman–Crippen LogP) is 2.74. The van der Waals surface area contributed by atoms with Crippen LogP contribution < -0.4 is 5.32 Å². The van der Waals surface area contributed by atoms with Gasteiger partial charge in [-0.05, 0) is 31.6 Å². The molecule has 3 nitrogen and oxygen atoms in total. The predicted molar refractivity (Wildman–Crippen MR) is 80.3 cm³/mol. The summed E-state index contributed by atoms with van der Waals surface area (Å²) < 4.78 is 0. The standard InChI is InChI=1S/C15H25N3S/c1-11(2)14-8-18(7-13-6-16-10-19-13)15(3,9-17-14)12-4-5-12/h6,10-12,14,17H,4-5,7-9H2,1-3H3. The highest BCUT2D eigenvalue weighted by molar-refractivity contribution is 7.09. The zero-order valence-electron chi connectivity index (χ0n) is 12.2. The van der Waals surface area contributed by atoms with Crippen molar-refractivity contribution in [2.45, 2.75) is 51.7 Å². The summed E-state index contributed by atoms with van der Waals surface area (Å²) in [5.74, 6) is 1.59. The van der Waals surface area contributed by atoms with E-state index in [9.17, 15) is 0 Å². The Morgan fingerprint density at radius 2 is 2.32 bits per heavy atom. The summed E-state index contributed by atoms with van der Waals surface area (Å²) in [6.07, 6.45) is 4.85. The first-order valence-corrected chi connectivity index (χ1v) is 8.33. The number of nitrogens with zero attached hydrogens (tertiary/aromatic N) is 2. The van der Waals surface area contributed by atoms with E-state index < -0.39 is 0 Å². The van der Waals surface area contributed by atoms with Crippen molar-refractivity contribution in [2.75, 3.05) is 13.1 Å². The second-order valence-electron chi connectivity index (χ2n) is 6.71. The Hall–Kier alpha value is -0.450. The molecule has 1 aliphatic heterocycles. The molecule has 0 spiro atoms. The molecule has 19 heavy (non-hydrogen) atoms. The van der Waals surface area contributed by atoms with Crippen molar-refractivity contribution in [3.05, 3.63) is 16.6 Å². The molecule has 1 aromatic rings. The summed E-state index contributed by atoms with van der Waals surface area (Å²) in [7, 11) is 0. The highest BCUT2D eigenvalue weighted by atomic mass is 32.1. The molecule has 0 radical (unpaired) electrons. The van der Waals surface area contributed by atoms with Gasteiger partial charge in [0.05, 0.1) is 5.51 Å². The van der Waals surface area contributed by atoms with Gasteiger partial charge >= 0.3 is 0 Å². The average molecular weight is 279 g/mol. The van der Waals surface area contributed by atoms with Gasteiger partial charge in [0, 0.05) is 42.3 Å². The summed E-state index contributed by atoms with van der Waals surface area (Å²) in [5.41, 5.74) is 2.29. The highest BCUT2D eigenvalue weighted by Crippen LogP contribution is 2.44. The largest absolute Gasteiger partial charge is 0.311 e. The number of piperazine rings is 1. The van der Waals surface area contributed by atoms with Crippen LogP contribution in [0, 0.1) is 11.8 Å². The zero-order valence-corrected chi connectivity index (χ0v) is 13.0. The average Bonchev–Trinajstić information content (AvgIpc) is 3.12. The van der Waals surface area contributed by atoms with Gasteiger partial charge in [0.15, 0.2) is 0 Å². The normalized spacial score (nSPS) is 32.9. The van der Waals surface area contributed by atoms with Gasteiger partial charge in [-0.3, -0.25) is 9.88 Å². The molecule has 2 unspecified atom stereocenters. The van der Waals surface area contributed by atoms with Crippen molar-refractivity contribution >= 4 is 11.3 Å². The van der Waals surface area contributed by atoms with E-state index in [2.05, 4.69) is 36.0 Å². The maximum atomic E-state index is 4.23. The molecule has 0 bridgehead atoms. The molecule has 0 aromatic carbocycles. The van der Waals surface area contributed by atoms with E-state index in [0.717, 1.165) is 19.0 Å². The van der Waals surface area contributed by atoms with E-state index in [-0.39, 0.29) is 0 Å². The van der Waals surface area contributed by atoms with Gasteiger partial charge in [0.2, 0.25) is 0 Å². The molecule has 106 valence electrons. The third-order valence-corrected chi connectivity index (χ3v) is 5.72. The first-order valence-electron chi connectivity index (χ1n) is 7.45. The van der Waals surface area contributed by atoms with Crippen molar-refractivity contribution in [1.29, 1.82) is 0 Å². The topological polar surface area (TPSA) is 28.2 Å². The van der Waals surface area contributed by atoms with Crippen LogP contribution in [-0.2, 0) is 6.54 Å². The van der Waals surface area contributed by atoms with Crippen molar-refractivity contribution in [3.63, 3.8) is 0 Å². The van der Waals surface area contributed by atoms with Crippen LogP contribution >= 0.6 is 11.3 Å². The Balaban J connectivity index is 1.76. The number of nitrogens with one attached hydrogen (secondary N) is 1. The molecular formula is C15H25N3S. The molecule has 4 heteroatoms. The quantitative estimate of drug-likeness (QED) is 0.918. The van der Waals surface area contributed by atoms with Crippen LogP contribution in [0.25, 0.3) is 0 Å². The monoisotopic (exact) mass is 279 g/mol. The third kappa shape index (κ3) is 2.71. The van der Waals surface area contributed by atoms with Crippen LogP contribution in [0.4, 0.5) is 0 Å². The van der Waals surface area contributed by atoms with Gasteiger partial charge < -0.3 is 5.32 Å². The Kier molecular flexibility index (Phi) is 3.67. The molecule has 2 heterocycles. The minimum absolute atomic E-state index is 0.343. The smallest absolute Gasteiger partial charge is 0.0794 e. The Morgan fingerprint density at radius 3 is 2.89 bits per heavy atom. The molecule has 1 aromatic heterocycles. The van der Waals surface area contributed by atoms with E-state index in [0.29, 0.717) is 17.5 Å². The number of rotatable bonds is 4. The Labute approximate surface area is 120 Å². The Morgan fingerprint density at radius 1 is 1.53 bits per heavy atom. The maximum Gasteiger partial charge on any atom is 0.0794 e. The van der Waals surface area contributed by atoms with E-state index in [1.54, 1.807) is 11.3 Å². The summed E-state index contributed by atoms with van der Waals surface area (Å²) in [6.45, 7) is 10.5. The molecular weight excluding hydrogens is 254 g/mol. The fraction of sp³-hybridized carbons (Fsp3) is 0.800. The summed E-state index contributed by atoms with van der Waals surface area (Å²) in [4.78, 5) is 8.35. The van der Waals surface area contributed by atoms with E-state index >= 15 is 0 Å². The second-order valence-corrected chi connectivity index (χ2v) is 7.68. The molecule has 2 atom stereocenters. The molecule has 1 aliphatic carbocycles. The van der Waals surface area contributed by atoms with E-state index in [1.165, 1.54) is 24.3 Å². The van der Waals surface area contributed by atoms with Gasteiger partial charge in [0.1, 0.15) is 0 Å². The third-order valence-electron chi connectivity index (χ3n) is 4.95. The first kappa shape index (κ1) is 13.5. The van der Waals surface area contributed by atoms with Crippen LogP contribution in [0.15, 0.2) is 11.7 Å². The lowest BCUT2D eigenvalue weighted by Gasteiger charge is -2.49. The van der Waals surface area contributed by atoms with Gasteiger partial charge in [-0.25, -0.2) is 0 Å². The van der Waals surface area contributed by atoms with Gasteiger partial charge in [0.25, 0.3) is 0 Å². The molecule has 1 N–H and O–H groups in total. The second kappa shape index (κ2) is 5.15. The molecule has 3 rings (SSSR count).